The third-order valence-electron chi connectivity index (χ3n) is 2.75. The van der Waals surface area contributed by atoms with Crippen molar-refractivity contribution < 1.29 is 29.7 Å². The van der Waals surface area contributed by atoms with Crippen LogP contribution in [0.1, 0.15) is 0 Å². The Kier molecular flexibility index (Phi) is 3.96. The van der Waals surface area contributed by atoms with Crippen molar-refractivity contribution in [2.24, 2.45) is 0 Å². The first kappa shape index (κ1) is 13.7. The molecule has 2 rings (SSSR count). The summed E-state index contributed by atoms with van der Waals surface area (Å²) in [6.45, 7) is -0.171. The highest BCUT2D eigenvalue weighted by atomic mass is 16.7. The highest BCUT2D eigenvalue weighted by molar-refractivity contribution is 5.36. The molecule has 0 bridgehead atoms. The Morgan fingerprint density at radius 3 is 2.42 bits per heavy atom. The Balaban J connectivity index is 2.03. The topological polar surface area (TPSA) is 122 Å². The normalized spacial score (nSPS) is 30.9. The van der Waals surface area contributed by atoms with E-state index in [4.69, 9.17) is 9.47 Å². The van der Waals surface area contributed by atoms with Crippen molar-refractivity contribution in [1.29, 1.82) is 0 Å². The fourth-order valence-electron chi connectivity index (χ4n) is 1.66. The molecule has 1 aromatic carbocycles. The van der Waals surface area contributed by atoms with Crippen LogP contribution in [0.5, 0.6) is 5.75 Å². The molecule has 3 N–H and O–H groups in total. The van der Waals surface area contributed by atoms with Crippen molar-refractivity contribution in [3.05, 3.63) is 34.4 Å². The Morgan fingerprint density at radius 2 is 1.84 bits per heavy atom. The van der Waals surface area contributed by atoms with Crippen LogP contribution in [0.15, 0.2) is 24.3 Å². The Bertz CT molecular complexity index is 449. The third-order valence-corrected chi connectivity index (χ3v) is 2.75. The molecule has 1 aliphatic heterocycles. The van der Waals surface area contributed by atoms with Crippen LogP contribution in [0.3, 0.4) is 0 Å². The lowest BCUT2D eigenvalue weighted by Crippen LogP contribution is -2.54. The molecule has 8 nitrogen and oxygen atoms in total. The van der Waals surface area contributed by atoms with Gasteiger partial charge in [0.25, 0.3) is 5.69 Å². The number of non-ortho nitro benzene ring substituents is 1. The van der Waals surface area contributed by atoms with Gasteiger partial charge in [0, 0.05) is 12.1 Å². The second-order valence-electron chi connectivity index (χ2n) is 4.12. The number of rotatable bonds is 3. The number of nitro benzene ring substituents is 1. The third kappa shape index (κ3) is 2.99. The van der Waals surface area contributed by atoms with Crippen molar-refractivity contribution in [1.82, 2.24) is 0 Å². The number of nitro groups is 1. The van der Waals surface area contributed by atoms with Crippen LogP contribution in [0.2, 0.25) is 0 Å². The minimum atomic E-state index is -1.40. The van der Waals surface area contributed by atoms with E-state index in [1.54, 1.807) is 0 Å². The molecular weight excluding hydrogens is 258 g/mol. The van der Waals surface area contributed by atoms with Crippen LogP contribution < -0.4 is 4.74 Å². The van der Waals surface area contributed by atoms with E-state index < -0.39 is 29.5 Å². The van der Waals surface area contributed by atoms with E-state index in [2.05, 4.69) is 0 Å². The van der Waals surface area contributed by atoms with Crippen LogP contribution in [-0.2, 0) is 4.74 Å². The van der Waals surface area contributed by atoms with E-state index in [1.807, 2.05) is 0 Å². The summed E-state index contributed by atoms with van der Waals surface area (Å²) in [4.78, 5) is 9.93. The monoisotopic (exact) mass is 271 g/mol. The molecule has 0 radical (unpaired) electrons. The number of hydrogen-bond acceptors (Lipinski definition) is 7. The van der Waals surface area contributed by atoms with E-state index in [0.717, 1.165) is 0 Å². The molecule has 1 saturated heterocycles. The zero-order valence-corrected chi connectivity index (χ0v) is 9.75. The van der Waals surface area contributed by atoms with Crippen molar-refractivity contribution in [3.8, 4) is 5.75 Å². The molecule has 104 valence electrons. The fourth-order valence-corrected chi connectivity index (χ4v) is 1.66. The molecule has 8 heteroatoms. The molecule has 4 atom stereocenters. The maximum Gasteiger partial charge on any atom is 0.269 e. The van der Waals surface area contributed by atoms with Crippen molar-refractivity contribution in [2.45, 2.75) is 24.6 Å². The van der Waals surface area contributed by atoms with E-state index in [9.17, 15) is 25.4 Å². The van der Waals surface area contributed by atoms with Crippen LogP contribution in [-0.4, -0.2) is 51.5 Å². The van der Waals surface area contributed by atoms with Crippen LogP contribution >= 0.6 is 0 Å². The largest absolute Gasteiger partial charge is 0.462 e. The number of hydrogen-bond donors (Lipinski definition) is 3. The number of ether oxygens (including phenoxy) is 2. The molecule has 0 spiro atoms. The van der Waals surface area contributed by atoms with E-state index in [0.29, 0.717) is 0 Å². The van der Waals surface area contributed by atoms with Gasteiger partial charge in [0.05, 0.1) is 11.5 Å². The van der Waals surface area contributed by atoms with Crippen molar-refractivity contribution >= 4 is 5.69 Å². The zero-order chi connectivity index (χ0) is 14.0. The average Bonchev–Trinajstić information content (AvgIpc) is 2.40. The number of aliphatic hydroxyl groups is 3. The summed E-state index contributed by atoms with van der Waals surface area (Å²) < 4.78 is 10.3. The quantitative estimate of drug-likeness (QED) is 0.496. The van der Waals surface area contributed by atoms with Gasteiger partial charge in [-0.3, -0.25) is 10.1 Å². The molecule has 0 aliphatic carbocycles. The standard InChI is InChI=1S/C11H13NO7/c13-8-5-18-11(10(15)9(8)14)19-7-3-1-6(2-4-7)12(16)17/h1-4,8-11,13-15H,5H2/t8-,9+,10-,11+/m1/s1. The minimum Gasteiger partial charge on any atom is -0.462 e. The second kappa shape index (κ2) is 5.49. The molecule has 0 unspecified atom stereocenters. The molecule has 1 heterocycles. The van der Waals surface area contributed by atoms with Gasteiger partial charge in [-0.1, -0.05) is 0 Å². The first-order chi connectivity index (χ1) is 8.99. The summed E-state index contributed by atoms with van der Waals surface area (Å²) >= 11 is 0. The van der Waals surface area contributed by atoms with Crippen LogP contribution in [0.4, 0.5) is 5.69 Å². The molecule has 1 aliphatic rings. The van der Waals surface area contributed by atoms with Crippen molar-refractivity contribution in [2.75, 3.05) is 6.61 Å². The molecule has 1 fully saturated rings. The number of aliphatic hydroxyl groups excluding tert-OH is 3. The maximum atomic E-state index is 10.5. The highest BCUT2D eigenvalue weighted by Crippen LogP contribution is 2.22. The average molecular weight is 271 g/mol. The van der Waals surface area contributed by atoms with Gasteiger partial charge in [-0.2, -0.15) is 0 Å². The number of nitrogens with zero attached hydrogens (tertiary/aromatic N) is 1. The predicted molar refractivity (Wildman–Crippen MR) is 61.5 cm³/mol. The second-order valence-corrected chi connectivity index (χ2v) is 4.12. The summed E-state index contributed by atoms with van der Waals surface area (Å²) in [6, 6.07) is 5.20. The predicted octanol–water partition coefficient (Wildman–Crippen LogP) is -0.587. The summed E-state index contributed by atoms with van der Waals surface area (Å²) in [6.07, 6.45) is -5.08. The van der Waals surface area contributed by atoms with E-state index >= 15 is 0 Å². The van der Waals surface area contributed by atoms with Crippen molar-refractivity contribution in [3.63, 3.8) is 0 Å². The minimum absolute atomic E-state index is 0.0899. The maximum absolute atomic E-state index is 10.5. The zero-order valence-electron chi connectivity index (χ0n) is 9.75. The van der Waals surface area contributed by atoms with Gasteiger partial charge in [-0.15, -0.1) is 0 Å². The SMILES string of the molecule is O=[N+]([O-])c1ccc(O[C@@H]2OC[C@@H](O)[C@H](O)[C@H]2O)cc1. The molecular formula is C11H13NO7. The molecule has 0 saturated carbocycles. The first-order valence-corrected chi connectivity index (χ1v) is 5.56. The Morgan fingerprint density at radius 1 is 1.21 bits per heavy atom. The van der Waals surface area contributed by atoms with Gasteiger partial charge in [-0.25, -0.2) is 0 Å². The molecule has 1 aromatic rings. The summed E-state index contributed by atoms with van der Waals surface area (Å²) in [7, 11) is 0. The fraction of sp³-hybridized carbons (Fsp3) is 0.455. The van der Waals surface area contributed by atoms with Gasteiger partial charge < -0.3 is 24.8 Å². The van der Waals surface area contributed by atoms with Gasteiger partial charge in [0.15, 0.2) is 0 Å². The number of benzene rings is 1. The van der Waals surface area contributed by atoms with Gasteiger partial charge >= 0.3 is 0 Å². The van der Waals surface area contributed by atoms with Crippen LogP contribution in [0.25, 0.3) is 0 Å². The van der Waals surface area contributed by atoms with Gasteiger partial charge in [-0.05, 0) is 12.1 Å². The lowest BCUT2D eigenvalue weighted by Gasteiger charge is -2.34. The summed E-state index contributed by atoms with van der Waals surface area (Å²) in [5, 5.41) is 38.8. The molecule has 0 amide bonds. The lowest BCUT2D eigenvalue weighted by atomic mass is 10.1. The lowest BCUT2D eigenvalue weighted by molar-refractivity contribution is -0.384. The smallest absolute Gasteiger partial charge is 0.269 e. The highest BCUT2D eigenvalue weighted by Gasteiger charge is 2.38. The molecule has 0 aromatic heterocycles. The summed E-state index contributed by atoms with van der Waals surface area (Å²) in [5.74, 6) is 0.248. The Hall–Kier alpha value is -1.74. The van der Waals surface area contributed by atoms with Gasteiger partial charge in [0.2, 0.25) is 6.29 Å². The van der Waals surface area contributed by atoms with Gasteiger partial charge in [0.1, 0.15) is 24.1 Å². The summed E-state index contributed by atoms with van der Waals surface area (Å²) in [5.41, 5.74) is -0.0899. The van der Waals surface area contributed by atoms with E-state index in [-0.39, 0.29) is 18.0 Å². The van der Waals surface area contributed by atoms with E-state index in [1.165, 1.54) is 24.3 Å². The first-order valence-electron chi connectivity index (χ1n) is 5.56. The molecule has 19 heavy (non-hydrogen) atoms. The Labute approximate surface area is 108 Å². The van der Waals surface area contributed by atoms with Crippen LogP contribution in [0, 0.1) is 10.1 Å².